The maximum absolute atomic E-state index is 2.53. The highest BCUT2D eigenvalue weighted by Gasteiger charge is 2.40. The first-order chi connectivity index (χ1) is 35.4. The topological polar surface area (TPSA) is 9.86 Å². The molecule has 0 radical (unpaired) electrons. The Morgan fingerprint density at radius 1 is 0.342 bits per heavy atom. The molecule has 0 aliphatic heterocycles. The first kappa shape index (κ1) is 42.5. The highest BCUT2D eigenvalue weighted by molar-refractivity contribution is 6.20. The van der Waals surface area contributed by atoms with Crippen molar-refractivity contribution in [3.63, 3.8) is 0 Å². The van der Waals surface area contributed by atoms with Crippen LogP contribution in [0.1, 0.15) is 98.9 Å². The van der Waals surface area contributed by atoms with E-state index in [1.165, 1.54) is 144 Å². The van der Waals surface area contributed by atoms with E-state index in [0.717, 1.165) is 0 Å². The Kier molecular flexibility index (Phi) is 8.56. The summed E-state index contributed by atoms with van der Waals surface area (Å²) in [4.78, 5) is 0. The molecule has 10 aromatic carbocycles. The number of fused-ring (bicyclic) bond motifs is 9. The van der Waals surface area contributed by atoms with E-state index in [1.54, 1.807) is 0 Å². The van der Waals surface area contributed by atoms with E-state index in [0.29, 0.717) is 0 Å². The second kappa shape index (κ2) is 14.7. The van der Waals surface area contributed by atoms with Crippen LogP contribution in [0, 0.1) is 0 Å². The Balaban J connectivity index is 0.953. The van der Waals surface area contributed by atoms with Crippen molar-refractivity contribution in [3.05, 3.63) is 251 Å². The van der Waals surface area contributed by atoms with Gasteiger partial charge in [0.1, 0.15) is 0 Å². The molecular formula is C71H56N2. The molecule has 4 bridgehead atoms. The molecule has 2 aromatic heterocycles. The van der Waals surface area contributed by atoms with Crippen molar-refractivity contribution in [3.8, 4) is 55.9 Å². The molecule has 0 amide bonds. The van der Waals surface area contributed by atoms with E-state index in [1.807, 2.05) is 0 Å². The van der Waals surface area contributed by atoms with Crippen molar-refractivity contribution < 1.29 is 0 Å². The summed E-state index contributed by atoms with van der Waals surface area (Å²) >= 11 is 0. The number of benzene rings is 10. The van der Waals surface area contributed by atoms with Crippen LogP contribution in [-0.2, 0) is 16.2 Å². The lowest BCUT2D eigenvalue weighted by Crippen LogP contribution is -2.26. The Hall–Kier alpha value is -8.20. The average molecular weight is 937 g/mol. The van der Waals surface area contributed by atoms with Crippen LogP contribution in [0.5, 0.6) is 0 Å². The quantitative estimate of drug-likeness (QED) is 0.166. The fourth-order valence-electron chi connectivity index (χ4n) is 14.1. The number of aromatic nitrogens is 2. The molecule has 12 aromatic rings. The van der Waals surface area contributed by atoms with Crippen LogP contribution in [0.25, 0.3) is 99.5 Å². The highest BCUT2D eigenvalue weighted by atomic mass is 15.0. The third-order valence-corrected chi connectivity index (χ3v) is 17.5. The van der Waals surface area contributed by atoms with Crippen molar-refractivity contribution in [2.75, 3.05) is 0 Å². The lowest BCUT2D eigenvalue weighted by atomic mass is 9.68. The zero-order valence-electron chi connectivity index (χ0n) is 42.6. The third-order valence-electron chi connectivity index (χ3n) is 17.5. The van der Waals surface area contributed by atoms with Gasteiger partial charge in [0, 0.05) is 49.7 Å². The van der Waals surface area contributed by atoms with Crippen molar-refractivity contribution in [2.24, 2.45) is 0 Å². The molecule has 3 aliphatic rings. The van der Waals surface area contributed by atoms with Gasteiger partial charge in [0.15, 0.2) is 0 Å². The smallest absolute Gasteiger partial charge is 0.0547 e. The first-order valence-electron chi connectivity index (χ1n) is 26.2. The summed E-state index contributed by atoms with van der Waals surface area (Å²) in [7, 11) is 0. The van der Waals surface area contributed by atoms with E-state index >= 15 is 0 Å². The SMILES string of the molecule is CC(C)(C)c1ccc2c3c1C(C)(C)c1cccc(c1)-c1cccc(c13)n2-c1ccc(-c2cc3cc(c2)C(C)(C)c2c(C4c5ccccc5-c5ccccc54)ccc4c2c2c-3cccc2n4-c2ccccc2)cc1. The van der Waals surface area contributed by atoms with Crippen molar-refractivity contribution in [1.29, 1.82) is 0 Å². The summed E-state index contributed by atoms with van der Waals surface area (Å²) in [5.41, 5.74) is 28.0. The second-order valence-corrected chi connectivity index (χ2v) is 23.2. The van der Waals surface area contributed by atoms with Crippen LogP contribution in [0.3, 0.4) is 0 Å². The zero-order valence-corrected chi connectivity index (χ0v) is 42.6. The van der Waals surface area contributed by atoms with E-state index < -0.39 is 0 Å². The molecule has 0 N–H and O–H groups in total. The molecule has 2 heteroatoms. The largest absolute Gasteiger partial charge is 0.309 e. The molecule has 15 rings (SSSR count). The first-order valence-corrected chi connectivity index (χ1v) is 26.2. The van der Waals surface area contributed by atoms with Gasteiger partial charge in [-0.3, -0.25) is 0 Å². The number of hydrogen-bond acceptors (Lipinski definition) is 0. The highest BCUT2D eigenvalue weighted by Crippen LogP contribution is 2.56. The zero-order chi connectivity index (χ0) is 49.3. The van der Waals surface area contributed by atoms with Crippen molar-refractivity contribution in [2.45, 2.75) is 70.6 Å². The molecule has 0 atom stereocenters. The van der Waals surface area contributed by atoms with Gasteiger partial charge in [-0.25, -0.2) is 0 Å². The summed E-state index contributed by atoms with van der Waals surface area (Å²) in [5, 5.41) is 5.40. The predicted molar refractivity (Wildman–Crippen MR) is 307 cm³/mol. The van der Waals surface area contributed by atoms with Gasteiger partial charge in [0.25, 0.3) is 0 Å². The number of hydrogen-bond donors (Lipinski definition) is 0. The van der Waals surface area contributed by atoms with Gasteiger partial charge in [-0.05, 0) is 149 Å². The Labute approximate surface area is 427 Å². The summed E-state index contributed by atoms with van der Waals surface area (Å²) in [6.07, 6.45) is 0. The summed E-state index contributed by atoms with van der Waals surface area (Å²) < 4.78 is 5.04. The van der Waals surface area contributed by atoms with Crippen LogP contribution in [0.4, 0.5) is 0 Å². The minimum absolute atomic E-state index is 0.0363. The average Bonchev–Trinajstić information content (AvgIpc) is 4.06. The number of rotatable bonds is 4. The minimum atomic E-state index is -0.379. The molecule has 2 heterocycles. The van der Waals surface area contributed by atoms with Crippen LogP contribution in [-0.4, -0.2) is 9.13 Å². The number of para-hydroxylation sites is 1. The molecule has 0 unspecified atom stereocenters. The lowest BCUT2D eigenvalue weighted by Gasteiger charge is -2.35. The summed E-state index contributed by atoms with van der Waals surface area (Å²) in [6, 6.07) is 78.9. The molecule has 3 aliphatic carbocycles. The molecular weight excluding hydrogens is 881 g/mol. The maximum Gasteiger partial charge on any atom is 0.0547 e. The molecule has 350 valence electrons. The fraction of sp³-hybridized carbons (Fsp3) is 0.155. The van der Waals surface area contributed by atoms with E-state index in [2.05, 4.69) is 264 Å². The van der Waals surface area contributed by atoms with Crippen LogP contribution < -0.4 is 0 Å². The van der Waals surface area contributed by atoms with Crippen LogP contribution in [0.2, 0.25) is 0 Å². The molecule has 2 nitrogen and oxygen atoms in total. The van der Waals surface area contributed by atoms with Crippen molar-refractivity contribution in [1.82, 2.24) is 9.13 Å². The molecule has 0 fully saturated rings. The molecule has 0 saturated carbocycles. The van der Waals surface area contributed by atoms with Gasteiger partial charge in [-0.1, -0.05) is 200 Å². The van der Waals surface area contributed by atoms with Crippen molar-refractivity contribution >= 4 is 43.6 Å². The van der Waals surface area contributed by atoms with Gasteiger partial charge >= 0.3 is 0 Å². The van der Waals surface area contributed by atoms with E-state index in [9.17, 15) is 0 Å². The summed E-state index contributed by atoms with van der Waals surface area (Å²) in [5.74, 6) is 0.102. The molecule has 73 heavy (non-hydrogen) atoms. The number of nitrogens with zero attached hydrogens (tertiary/aromatic N) is 2. The van der Waals surface area contributed by atoms with Gasteiger partial charge in [0.05, 0.1) is 22.1 Å². The predicted octanol–water partition coefficient (Wildman–Crippen LogP) is 18.6. The van der Waals surface area contributed by atoms with Crippen LogP contribution in [0.15, 0.2) is 206 Å². The summed E-state index contributed by atoms with van der Waals surface area (Å²) in [6.45, 7) is 16.9. The molecule has 0 spiro atoms. The van der Waals surface area contributed by atoms with Gasteiger partial charge in [-0.15, -0.1) is 0 Å². The van der Waals surface area contributed by atoms with Gasteiger partial charge < -0.3 is 9.13 Å². The maximum atomic E-state index is 2.53. The second-order valence-electron chi connectivity index (χ2n) is 23.2. The Morgan fingerprint density at radius 3 is 1.51 bits per heavy atom. The van der Waals surface area contributed by atoms with E-state index in [-0.39, 0.29) is 22.2 Å². The Bertz CT molecular complexity index is 4290. The van der Waals surface area contributed by atoms with E-state index in [4.69, 9.17) is 0 Å². The van der Waals surface area contributed by atoms with Crippen LogP contribution >= 0.6 is 0 Å². The van der Waals surface area contributed by atoms with Gasteiger partial charge in [0.2, 0.25) is 0 Å². The third kappa shape index (κ3) is 5.75. The normalized spacial score (nSPS) is 14.9. The Morgan fingerprint density at radius 2 is 0.849 bits per heavy atom. The monoisotopic (exact) mass is 936 g/mol. The standard InChI is InChI=1S/C71H56N2/c1-69(2,3)57-35-37-61-66-63-50(43-18-15-19-46(39-43)70(4,5)68(57)66)26-16-28-58(63)73(61)49-32-30-42(31-33-49)44-38-45-41-47(40-44)71(6,7)67-56(62-54-24-13-11-22-52(54)53-23-12-14-25-55(53)62)34-36-60-65(67)64-51(45)27-17-29-59(64)72(60)48-20-9-8-10-21-48/h8-41,62H,1-7H3. The lowest BCUT2D eigenvalue weighted by molar-refractivity contribution is 0.553. The fourth-order valence-corrected chi connectivity index (χ4v) is 14.1. The van der Waals surface area contributed by atoms with Gasteiger partial charge in [-0.2, -0.15) is 0 Å². The minimum Gasteiger partial charge on any atom is -0.309 e. The molecule has 0 saturated heterocycles.